The largest absolute Gasteiger partial charge is 0.266 e. The van der Waals surface area contributed by atoms with Gasteiger partial charge in [-0.1, -0.05) is 0 Å². The van der Waals surface area contributed by atoms with E-state index in [0.29, 0.717) is 0 Å². The normalized spacial score (nSPS) is 14.8. The van der Waals surface area contributed by atoms with Gasteiger partial charge in [0.2, 0.25) is 5.82 Å². The number of nitrogens with zero attached hydrogens (tertiary/aromatic N) is 2. The van der Waals surface area contributed by atoms with Crippen molar-refractivity contribution in [1.82, 2.24) is 14.8 Å². The zero-order valence-electron chi connectivity index (χ0n) is 9.68. The Morgan fingerprint density at radius 3 is 1.95 bits per heavy atom. The number of halogens is 5. The molecule has 9 heteroatoms. The molecule has 0 aliphatic heterocycles. The zero-order chi connectivity index (χ0) is 14.6. The van der Waals surface area contributed by atoms with Crippen LogP contribution in [0.25, 0.3) is 5.69 Å². The minimum Gasteiger partial charge on any atom is -0.266 e. The molecule has 0 amide bonds. The summed E-state index contributed by atoms with van der Waals surface area (Å²) in [6.07, 6.45) is 1.43. The first-order chi connectivity index (χ1) is 9.43. The van der Waals surface area contributed by atoms with Gasteiger partial charge in [-0.2, -0.15) is 5.10 Å². The summed E-state index contributed by atoms with van der Waals surface area (Å²) < 4.78 is 67.6. The lowest BCUT2D eigenvalue weighted by Crippen LogP contribution is -2.12. The van der Waals surface area contributed by atoms with Crippen LogP contribution in [-0.4, -0.2) is 14.8 Å². The first-order valence-electron chi connectivity index (χ1n) is 5.62. The molecule has 0 spiro atoms. The molecule has 0 atom stereocenters. The quantitative estimate of drug-likeness (QED) is 0.399. The first kappa shape index (κ1) is 13.2. The molecule has 0 bridgehead atoms. The maximum Gasteiger partial charge on any atom is 0.200 e. The topological polar surface area (TPSA) is 33.6 Å². The maximum absolute atomic E-state index is 13.8. The lowest BCUT2D eigenvalue weighted by molar-refractivity contribution is 0.375. The summed E-state index contributed by atoms with van der Waals surface area (Å²) in [7, 11) is 0. The molecule has 1 heterocycles. The molecular formula is C11H6F5N3S. The molecule has 1 aromatic carbocycles. The van der Waals surface area contributed by atoms with Gasteiger partial charge in [-0.25, -0.2) is 22.0 Å². The Kier molecular flexibility index (Phi) is 2.89. The van der Waals surface area contributed by atoms with E-state index in [1.165, 1.54) is 0 Å². The number of hydrogen-bond acceptors (Lipinski definition) is 2. The van der Waals surface area contributed by atoms with E-state index in [4.69, 9.17) is 12.2 Å². The second-order valence-corrected chi connectivity index (χ2v) is 4.80. The van der Waals surface area contributed by atoms with Crippen molar-refractivity contribution in [2.45, 2.75) is 18.8 Å². The fourth-order valence-electron chi connectivity index (χ4n) is 1.93. The highest BCUT2D eigenvalue weighted by Gasteiger charge is 2.34. The van der Waals surface area contributed by atoms with E-state index in [1.807, 2.05) is 0 Å². The third-order valence-corrected chi connectivity index (χ3v) is 3.32. The van der Waals surface area contributed by atoms with E-state index >= 15 is 0 Å². The van der Waals surface area contributed by atoms with Crippen molar-refractivity contribution in [2.24, 2.45) is 0 Å². The third kappa shape index (κ3) is 1.76. The molecule has 0 unspecified atom stereocenters. The van der Waals surface area contributed by atoms with Gasteiger partial charge in [-0.3, -0.25) is 9.67 Å². The molecule has 1 aromatic heterocycles. The number of aromatic amines is 1. The Hall–Kier alpha value is -1.77. The van der Waals surface area contributed by atoms with Crippen molar-refractivity contribution in [1.29, 1.82) is 0 Å². The Balaban J connectivity index is 2.36. The zero-order valence-corrected chi connectivity index (χ0v) is 10.5. The second-order valence-electron chi connectivity index (χ2n) is 4.42. The molecule has 106 valence electrons. The van der Waals surface area contributed by atoms with E-state index in [-0.39, 0.29) is 16.5 Å². The lowest BCUT2D eigenvalue weighted by Gasteiger charge is -2.10. The van der Waals surface area contributed by atoms with Crippen LogP contribution in [0.1, 0.15) is 24.6 Å². The first-order valence-corrected chi connectivity index (χ1v) is 6.03. The van der Waals surface area contributed by atoms with Crippen molar-refractivity contribution in [3.8, 4) is 5.69 Å². The second kappa shape index (κ2) is 4.37. The highest BCUT2D eigenvalue weighted by Crippen LogP contribution is 2.40. The van der Waals surface area contributed by atoms with E-state index in [2.05, 4.69) is 10.2 Å². The lowest BCUT2D eigenvalue weighted by atomic mass is 10.2. The Labute approximate surface area is 114 Å². The Morgan fingerprint density at radius 2 is 1.45 bits per heavy atom. The van der Waals surface area contributed by atoms with Crippen molar-refractivity contribution >= 4 is 12.2 Å². The smallest absolute Gasteiger partial charge is 0.200 e. The van der Waals surface area contributed by atoms with Gasteiger partial charge in [0.15, 0.2) is 28.0 Å². The van der Waals surface area contributed by atoms with E-state index in [0.717, 1.165) is 17.4 Å². The van der Waals surface area contributed by atoms with E-state index in [9.17, 15) is 22.0 Å². The Bertz CT molecular complexity index is 733. The van der Waals surface area contributed by atoms with Gasteiger partial charge in [0.1, 0.15) is 11.5 Å². The third-order valence-electron chi connectivity index (χ3n) is 3.05. The van der Waals surface area contributed by atoms with Gasteiger partial charge < -0.3 is 0 Å². The summed E-state index contributed by atoms with van der Waals surface area (Å²) in [5.74, 6) is -10.0. The summed E-state index contributed by atoms with van der Waals surface area (Å²) in [5.41, 5.74) is -1.10. The fourth-order valence-corrected chi connectivity index (χ4v) is 2.16. The summed E-state index contributed by atoms with van der Waals surface area (Å²) >= 11 is 4.81. The predicted molar refractivity (Wildman–Crippen MR) is 60.5 cm³/mol. The van der Waals surface area contributed by atoms with Crippen LogP contribution in [0.4, 0.5) is 22.0 Å². The van der Waals surface area contributed by atoms with Gasteiger partial charge in [-0.05, 0) is 25.1 Å². The summed E-state index contributed by atoms with van der Waals surface area (Å²) in [6, 6.07) is 0. The molecule has 1 saturated carbocycles. The van der Waals surface area contributed by atoms with Crippen molar-refractivity contribution < 1.29 is 22.0 Å². The average Bonchev–Trinajstić information content (AvgIpc) is 3.20. The predicted octanol–water partition coefficient (Wildman–Crippen LogP) is 3.50. The number of nitrogens with one attached hydrogen (secondary N) is 1. The average molecular weight is 307 g/mol. The van der Waals surface area contributed by atoms with Crippen LogP contribution in [0.3, 0.4) is 0 Å². The molecule has 1 aliphatic carbocycles. The molecule has 1 N–H and O–H groups in total. The van der Waals surface area contributed by atoms with Gasteiger partial charge in [-0.15, -0.1) is 0 Å². The molecule has 0 saturated heterocycles. The van der Waals surface area contributed by atoms with Crippen LogP contribution in [0.5, 0.6) is 0 Å². The van der Waals surface area contributed by atoms with Crippen LogP contribution < -0.4 is 0 Å². The maximum atomic E-state index is 13.8. The van der Waals surface area contributed by atoms with Gasteiger partial charge in [0.25, 0.3) is 0 Å². The molecule has 0 radical (unpaired) electrons. The van der Waals surface area contributed by atoms with E-state index in [1.54, 1.807) is 0 Å². The SMILES string of the molecule is Fc1c(F)c(F)c(-n2c(C3CC3)n[nH]c2=S)c(F)c1F. The van der Waals surface area contributed by atoms with Gasteiger partial charge in [0, 0.05) is 5.92 Å². The number of rotatable bonds is 2. The molecule has 20 heavy (non-hydrogen) atoms. The summed E-state index contributed by atoms with van der Waals surface area (Å²) in [4.78, 5) is 0. The molecular weight excluding hydrogens is 301 g/mol. The number of aromatic nitrogens is 3. The summed E-state index contributed by atoms with van der Waals surface area (Å²) in [5, 5.41) is 6.10. The molecule has 1 fully saturated rings. The summed E-state index contributed by atoms with van der Waals surface area (Å²) in [6.45, 7) is 0. The highest BCUT2D eigenvalue weighted by atomic mass is 32.1. The van der Waals surface area contributed by atoms with Crippen LogP contribution in [0.15, 0.2) is 0 Å². The molecule has 3 rings (SSSR count). The number of H-pyrrole nitrogens is 1. The van der Waals surface area contributed by atoms with Crippen molar-refractivity contribution in [3.05, 3.63) is 39.7 Å². The number of benzene rings is 1. The van der Waals surface area contributed by atoms with Crippen molar-refractivity contribution in [3.63, 3.8) is 0 Å². The molecule has 3 nitrogen and oxygen atoms in total. The van der Waals surface area contributed by atoms with Gasteiger partial charge in [0.05, 0.1) is 0 Å². The van der Waals surface area contributed by atoms with Gasteiger partial charge >= 0.3 is 0 Å². The highest BCUT2D eigenvalue weighted by molar-refractivity contribution is 7.71. The number of hydrogen-bond donors (Lipinski definition) is 1. The van der Waals surface area contributed by atoms with Crippen LogP contribution in [0, 0.1) is 33.9 Å². The monoisotopic (exact) mass is 307 g/mol. The molecule has 1 aliphatic rings. The van der Waals surface area contributed by atoms with Crippen LogP contribution in [-0.2, 0) is 0 Å². The molecule has 2 aromatic rings. The minimum absolute atomic E-state index is 0.0991. The fraction of sp³-hybridized carbons (Fsp3) is 0.273. The van der Waals surface area contributed by atoms with Crippen LogP contribution >= 0.6 is 12.2 Å². The van der Waals surface area contributed by atoms with E-state index < -0.39 is 34.8 Å². The standard InChI is InChI=1S/C11H6F5N3S/c12-4-5(13)7(15)9(8(16)6(4)14)19-10(3-1-2-3)17-18-11(19)20/h3H,1-2H2,(H,18,20). The Morgan fingerprint density at radius 1 is 0.950 bits per heavy atom. The minimum atomic E-state index is -2.20. The van der Waals surface area contributed by atoms with Crippen molar-refractivity contribution in [2.75, 3.05) is 0 Å². The van der Waals surface area contributed by atoms with Crippen LogP contribution in [0.2, 0.25) is 0 Å².